The van der Waals surface area contributed by atoms with Crippen molar-refractivity contribution in [1.29, 1.82) is 0 Å². The molecular formula is C7H16ClO3P. The third-order valence-electron chi connectivity index (χ3n) is 1.52. The molecule has 1 N–H and O–H groups in total. The molecule has 0 radical (unpaired) electrons. The molecule has 0 aromatic rings. The van der Waals surface area contributed by atoms with Crippen LogP contribution in [0.25, 0.3) is 0 Å². The van der Waals surface area contributed by atoms with Gasteiger partial charge in [0.25, 0.3) is 0 Å². The first-order valence-corrected chi connectivity index (χ1v) is 6.65. The predicted molar refractivity (Wildman–Crippen MR) is 50.4 cm³/mol. The van der Waals surface area contributed by atoms with Gasteiger partial charge in [0.2, 0.25) is 0 Å². The second-order valence-corrected chi connectivity index (χ2v) is 5.26. The molecule has 74 valence electrons. The van der Waals surface area contributed by atoms with E-state index < -0.39 is 6.95 Å². The van der Waals surface area contributed by atoms with E-state index in [0.29, 0.717) is 0 Å². The highest BCUT2D eigenvalue weighted by atomic mass is 35.7. The Morgan fingerprint density at radius 3 is 2.58 bits per heavy atom. The van der Waals surface area contributed by atoms with E-state index >= 15 is 0 Å². The normalized spacial score (nSPS) is 18.7. The van der Waals surface area contributed by atoms with Crippen molar-refractivity contribution in [3.8, 4) is 0 Å². The molecule has 0 heterocycles. The van der Waals surface area contributed by atoms with Gasteiger partial charge in [-0.25, -0.2) is 4.57 Å². The standard InChI is InChI=1S/C7H16ClO3P/c1-3-4-5-6-7(2)11-12(8,9)10/h7H,3-6H2,1-2H3,(H,9,10). The zero-order chi connectivity index (χ0) is 9.61. The molecule has 0 amide bonds. The van der Waals surface area contributed by atoms with Crippen molar-refractivity contribution in [2.24, 2.45) is 0 Å². The summed E-state index contributed by atoms with van der Waals surface area (Å²) in [7, 11) is 0. The molecule has 0 fully saturated rings. The Kier molecular flexibility index (Phi) is 6.20. The van der Waals surface area contributed by atoms with Crippen LogP contribution in [0.4, 0.5) is 0 Å². The lowest BCUT2D eigenvalue weighted by molar-refractivity contribution is 0.187. The van der Waals surface area contributed by atoms with Crippen LogP contribution in [0.3, 0.4) is 0 Å². The predicted octanol–water partition coefficient (Wildman–Crippen LogP) is 3.31. The third kappa shape index (κ3) is 8.54. The first-order valence-electron chi connectivity index (χ1n) is 4.16. The molecule has 3 nitrogen and oxygen atoms in total. The van der Waals surface area contributed by atoms with Gasteiger partial charge in [-0.2, -0.15) is 0 Å². The van der Waals surface area contributed by atoms with Crippen LogP contribution in [0, 0.1) is 0 Å². The number of rotatable bonds is 6. The summed E-state index contributed by atoms with van der Waals surface area (Å²) in [5.74, 6) is 0. The lowest BCUT2D eigenvalue weighted by atomic mass is 10.1. The number of hydrogen-bond acceptors (Lipinski definition) is 2. The van der Waals surface area contributed by atoms with Gasteiger partial charge in [-0.3, -0.25) is 4.52 Å². The van der Waals surface area contributed by atoms with Crippen LogP contribution in [0.1, 0.15) is 39.5 Å². The molecule has 12 heavy (non-hydrogen) atoms. The second kappa shape index (κ2) is 5.98. The molecule has 0 bridgehead atoms. The van der Waals surface area contributed by atoms with Gasteiger partial charge in [-0.05, 0) is 13.3 Å². The van der Waals surface area contributed by atoms with Crippen molar-refractivity contribution in [2.75, 3.05) is 0 Å². The van der Waals surface area contributed by atoms with Gasteiger partial charge < -0.3 is 4.89 Å². The van der Waals surface area contributed by atoms with E-state index in [1.54, 1.807) is 6.92 Å². The minimum atomic E-state index is -3.80. The average molecular weight is 215 g/mol. The molecule has 0 saturated heterocycles. The van der Waals surface area contributed by atoms with E-state index in [-0.39, 0.29) is 6.10 Å². The van der Waals surface area contributed by atoms with E-state index in [4.69, 9.17) is 16.1 Å². The van der Waals surface area contributed by atoms with Crippen LogP contribution in [0.5, 0.6) is 0 Å². The fourth-order valence-electron chi connectivity index (χ4n) is 0.956. The van der Waals surface area contributed by atoms with Gasteiger partial charge in [0, 0.05) is 11.2 Å². The van der Waals surface area contributed by atoms with Crippen LogP contribution in [0.2, 0.25) is 0 Å². The maximum atomic E-state index is 10.6. The first kappa shape index (κ1) is 12.4. The Balaban J connectivity index is 3.46. The van der Waals surface area contributed by atoms with E-state index in [2.05, 4.69) is 11.4 Å². The van der Waals surface area contributed by atoms with E-state index in [0.717, 1.165) is 25.7 Å². The lowest BCUT2D eigenvalue weighted by Crippen LogP contribution is -2.04. The highest BCUT2D eigenvalue weighted by Gasteiger charge is 2.17. The number of hydrogen-bond donors (Lipinski definition) is 1. The molecule has 0 aliphatic carbocycles. The summed E-state index contributed by atoms with van der Waals surface area (Å²) in [6.45, 7) is 0.0538. The zero-order valence-electron chi connectivity index (χ0n) is 7.49. The number of halogens is 1. The molecule has 0 aliphatic rings. The fraction of sp³-hybridized carbons (Fsp3) is 1.00. The summed E-state index contributed by atoms with van der Waals surface area (Å²) in [5, 5.41) is 0. The van der Waals surface area contributed by atoms with E-state index in [1.807, 2.05) is 0 Å². The van der Waals surface area contributed by atoms with E-state index in [9.17, 15) is 4.57 Å². The number of unbranched alkanes of at least 4 members (excludes halogenated alkanes) is 2. The molecule has 2 unspecified atom stereocenters. The van der Waals surface area contributed by atoms with E-state index in [1.165, 1.54) is 0 Å². The fourth-order valence-corrected chi connectivity index (χ4v) is 1.91. The minimum Gasteiger partial charge on any atom is -0.313 e. The largest absolute Gasteiger partial charge is 0.421 e. The smallest absolute Gasteiger partial charge is 0.313 e. The summed E-state index contributed by atoms with van der Waals surface area (Å²) < 4.78 is 15.2. The molecule has 0 rings (SSSR count). The molecule has 0 spiro atoms. The quantitative estimate of drug-likeness (QED) is 0.545. The van der Waals surface area contributed by atoms with Gasteiger partial charge in [-0.1, -0.05) is 26.2 Å². The van der Waals surface area contributed by atoms with Crippen LogP contribution in [0.15, 0.2) is 0 Å². The van der Waals surface area contributed by atoms with Crippen molar-refractivity contribution < 1.29 is 14.0 Å². The van der Waals surface area contributed by atoms with Crippen molar-refractivity contribution in [3.63, 3.8) is 0 Å². The highest BCUT2D eigenvalue weighted by molar-refractivity contribution is 7.80. The maximum Gasteiger partial charge on any atom is 0.421 e. The summed E-state index contributed by atoms with van der Waals surface area (Å²) >= 11 is 5.03. The molecule has 5 heteroatoms. The Morgan fingerprint density at radius 1 is 1.58 bits per heavy atom. The summed E-state index contributed by atoms with van der Waals surface area (Å²) in [6, 6.07) is 0. The zero-order valence-corrected chi connectivity index (χ0v) is 9.15. The van der Waals surface area contributed by atoms with Crippen molar-refractivity contribution in [3.05, 3.63) is 0 Å². The summed E-state index contributed by atoms with van der Waals surface area (Å²) in [5.41, 5.74) is 0. The van der Waals surface area contributed by atoms with Crippen LogP contribution >= 0.6 is 18.2 Å². The lowest BCUT2D eigenvalue weighted by Gasteiger charge is -2.12. The summed E-state index contributed by atoms with van der Waals surface area (Å²) in [4.78, 5) is 8.64. The van der Waals surface area contributed by atoms with Gasteiger partial charge in [0.1, 0.15) is 0 Å². The molecule has 0 aliphatic heterocycles. The van der Waals surface area contributed by atoms with Crippen molar-refractivity contribution in [2.45, 2.75) is 45.6 Å². The second-order valence-electron chi connectivity index (χ2n) is 2.86. The Labute approximate surface area is 78.4 Å². The maximum absolute atomic E-state index is 10.6. The Bertz CT molecular complexity index is 157. The highest BCUT2D eigenvalue weighted by Crippen LogP contribution is 2.49. The Hall–Kier alpha value is 0.440. The topological polar surface area (TPSA) is 46.5 Å². The molecule has 0 aromatic heterocycles. The van der Waals surface area contributed by atoms with Crippen LogP contribution in [-0.2, 0) is 9.09 Å². The molecule has 0 saturated carbocycles. The van der Waals surface area contributed by atoms with Gasteiger partial charge in [-0.15, -0.1) is 0 Å². The minimum absolute atomic E-state index is 0.232. The van der Waals surface area contributed by atoms with Crippen molar-refractivity contribution in [1.82, 2.24) is 0 Å². The summed E-state index contributed by atoms with van der Waals surface area (Å²) in [6.07, 6.45) is 3.81. The first-order chi connectivity index (χ1) is 5.45. The molecular weight excluding hydrogens is 199 g/mol. The monoisotopic (exact) mass is 214 g/mol. The average Bonchev–Trinajstić information content (AvgIpc) is 1.84. The Morgan fingerprint density at radius 2 is 2.17 bits per heavy atom. The van der Waals surface area contributed by atoms with Gasteiger partial charge >= 0.3 is 6.95 Å². The van der Waals surface area contributed by atoms with Gasteiger partial charge in [0.05, 0.1) is 6.10 Å². The third-order valence-corrected chi connectivity index (χ3v) is 2.38. The van der Waals surface area contributed by atoms with Gasteiger partial charge in [0.15, 0.2) is 0 Å². The van der Waals surface area contributed by atoms with Crippen LogP contribution in [-0.4, -0.2) is 11.0 Å². The molecule has 2 atom stereocenters. The van der Waals surface area contributed by atoms with Crippen molar-refractivity contribution >= 4 is 18.2 Å². The van der Waals surface area contributed by atoms with Crippen LogP contribution < -0.4 is 0 Å². The SMILES string of the molecule is CCCCCC(C)OP(=O)(O)Cl. The molecule has 0 aromatic carbocycles.